The number of rotatable bonds is 5. The number of carbonyl (C=O) groups is 1. The van der Waals surface area contributed by atoms with E-state index < -0.39 is 5.97 Å². The third-order valence-electron chi connectivity index (χ3n) is 3.22. The van der Waals surface area contributed by atoms with Crippen LogP contribution in [0, 0.1) is 24.2 Å². The Bertz CT molecular complexity index is 757. The number of aromatic nitrogens is 2. The summed E-state index contributed by atoms with van der Waals surface area (Å²) >= 11 is 0. The summed E-state index contributed by atoms with van der Waals surface area (Å²) in [6.07, 6.45) is 1.59. The molecule has 6 heteroatoms. The first-order valence-electron chi connectivity index (χ1n) is 7.28. The summed E-state index contributed by atoms with van der Waals surface area (Å²) in [4.78, 5) is 11.7. The molecule has 0 aliphatic heterocycles. The van der Waals surface area contributed by atoms with Gasteiger partial charge in [-0.05, 0) is 31.0 Å². The lowest BCUT2D eigenvalue weighted by atomic mass is 10.2. The normalized spacial score (nSPS) is 10.4. The van der Waals surface area contributed by atoms with Crippen LogP contribution in [0.2, 0.25) is 0 Å². The van der Waals surface area contributed by atoms with Crippen LogP contribution in [0.4, 0.5) is 0 Å². The topological polar surface area (TPSA) is 77.1 Å². The molecule has 1 heterocycles. The molecule has 0 unspecified atom stereocenters. The smallest absolute Gasteiger partial charge is 0.341 e. The third-order valence-corrected chi connectivity index (χ3v) is 3.22. The predicted octanol–water partition coefficient (Wildman–Crippen LogP) is 2.87. The van der Waals surface area contributed by atoms with Crippen LogP contribution in [0.15, 0.2) is 24.4 Å². The Hall–Kier alpha value is -2.81. The van der Waals surface area contributed by atoms with Gasteiger partial charge in [0.1, 0.15) is 17.4 Å². The summed E-state index contributed by atoms with van der Waals surface area (Å²) in [5, 5.41) is 13.6. The van der Waals surface area contributed by atoms with Crippen LogP contribution in [-0.2, 0) is 4.74 Å². The number of nitrogens with zero attached hydrogens (tertiary/aromatic N) is 3. The minimum absolute atomic E-state index is 0.373. The average Bonchev–Trinajstić information content (AvgIpc) is 2.93. The molecule has 120 valence electrons. The fraction of sp³-hybridized carbons (Fsp3) is 0.353. The first-order chi connectivity index (χ1) is 11.0. The van der Waals surface area contributed by atoms with Crippen molar-refractivity contribution in [1.29, 1.82) is 5.26 Å². The van der Waals surface area contributed by atoms with E-state index in [-0.39, 0.29) is 0 Å². The number of carbonyl (C=O) groups excluding carboxylic acids is 1. The second kappa shape index (κ2) is 6.97. The van der Waals surface area contributed by atoms with Crippen molar-refractivity contribution in [3.05, 3.63) is 41.2 Å². The summed E-state index contributed by atoms with van der Waals surface area (Å²) in [7, 11) is 1.33. The molecule has 0 spiro atoms. The Labute approximate surface area is 135 Å². The second-order valence-corrected chi connectivity index (χ2v) is 5.56. The number of hydrogen-bond donors (Lipinski definition) is 0. The van der Waals surface area contributed by atoms with Gasteiger partial charge < -0.3 is 9.47 Å². The zero-order valence-corrected chi connectivity index (χ0v) is 13.7. The minimum atomic E-state index is -0.439. The predicted molar refractivity (Wildman–Crippen MR) is 84.7 cm³/mol. The largest absolute Gasteiger partial charge is 0.492 e. The zero-order chi connectivity index (χ0) is 17.0. The van der Waals surface area contributed by atoms with E-state index in [0.29, 0.717) is 40.8 Å². The van der Waals surface area contributed by atoms with E-state index in [1.807, 2.05) is 13.8 Å². The lowest BCUT2D eigenvalue weighted by molar-refractivity contribution is 0.0600. The van der Waals surface area contributed by atoms with Crippen LogP contribution in [-0.4, -0.2) is 29.5 Å². The van der Waals surface area contributed by atoms with Crippen molar-refractivity contribution in [2.45, 2.75) is 20.8 Å². The Morgan fingerprint density at radius 1 is 1.43 bits per heavy atom. The number of methoxy groups -OCH3 is 1. The first kappa shape index (κ1) is 16.6. The second-order valence-electron chi connectivity index (χ2n) is 5.56. The molecule has 0 atom stereocenters. The van der Waals surface area contributed by atoms with Crippen molar-refractivity contribution >= 4 is 5.97 Å². The molecule has 0 amide bonds. The molecule has 0 aliphatic rings. The van der Waals surface area contributed by atoms with Crippen molar-refractivity contribution in [1.82, 2.24) is 9.78 Å². The van der Waals surface area contributed by atoms with Gasteiger partial charge in [0.15, 0.2) is 0 Å². The number of nitriles is 1. The summed E-state index contributed by atoms with van der Waals surface area (Å²) in [6.45, 7) is 6.36. The van der Waals surface area contributed by atoms with Crippen molar-refractivity contribution < 1.29 is 14.3 Å². The van der Waals surface area contributed by atoms with Crippen LogP contribution in [0.3, 0.4) is 0 Å². The molecule has 23 heavy (non-hydrogen) atoms. The summed E-state index contributed by atoms with van der Waals surface area (Å²) in [6, 6.07) is 7.35. The number of ether oxygens (including phenoxy) is 2. The van der Waals surface area contributed by atoms with Crippen molar-refractivity contribution in [2.24, 2.45) is 5.92 Å². The van der Waals surface area contributed by atoms with Crippen molar-refractivity contribution in [2.75, 3.05) is 13.7 Å². The lowest BCUT2D eigenvalue weighted by Crippen LogP contribution is -2.06. The SMILES string of the molecule is COC(=O)c1cn(-c2ccc(OCC(C)C)c(C#N)c2)nc1C. The van der Waals surface area contributed by atoms with E-state index in [1.54, 1.807) is 36.0 Å². The van der Waals surface area contributed by atoms with E-state index >= 15 is 0 Å². The maximum Gasteiger partial charge on any atom is 0.341 e. The highest BCUT2D eigenvalue weighted by Gasteiger charge is 2.15. The summed E-state index contributed by atoms with van der Waals surface area (Å²) in [5.74, 6) is 0.478. The van der Waals surface area contributed by atoms with Crippen molar-refractivity contribution in [3.8, 4) is 17.5 Å². The van der Waals surface area contributed by atoms with E-state index in [0.717, 1.165) is 0 Å². The summed E-state index contributed by atoms with van der Waals surface area (Å²) in [5.41, 5.74) is 2.06. The highest BCUT2D eigenvalue weighted by molar-refractivity contribution is 5.90. The van der Waals surface area contributed by atoms with Gasteiger partial charge in [-0.2, -0.15) is 10.4 Å². The first-order valence-corrected chi connectivity index (χ1v) is 7.28. The Kier molecular flexibility index (Phi) is 5.02. The van der Waals surface area contributed by atoms with Gasteiger partial charge in [-0.1, -0.05) is 13.8 Å². The molecule has 0 saturated heterocycles. The zero-order valence-electron chi connectivity index (χ0n) is 13.7. The standard InChI is InChI=1S/C17H19N3O3/c1-11(2)10-23-16-6-5-14(7-13(16)8-18)20-9-15(12(3)19-20)17(21)22-4/h5-7,9,11H,10H2,1-4H3. The molecule has 6 nitrogen and oxygen atoms in total. The highest BCUT2D eigenvalue weighted by atomic mass is 16.5. The van der Waals surface area contributed by atoms with Crippen LogP contribution in [0.1, 0.15) is 35.5 Å². The summed E-state index contributed by atoms with van der Waals surface area (Å²) < 4.78 is 11.9. The lowest BCUT2D eigenvalue weighted by Gasteiger charge is -2.11. The molecule has 0 N–H and O–H groups in total. The van der Waals surface area contributed by atoms with Gasteiger partial charge in [0, 0.05) is 6.20 Å². The molecule has 0 aliphatic carbocycles. The Balaban J connectivity index is 2.34. The van der Waals surface area contributed by atoms with Crippen LogP contribution >= 0.6 is 0 Å². The Morgan fingerprint density at radius 3 is 2.78 bits per heavy atom. The molecule has 2 aromatic rings. The van der Waals surface area contributed by atoms with Crippen LogP contribution < -0.4 is 4.74 Å². The number of esters is 1. The number of aryl methyl sites for hydroxylation is 1. The highest BCUT2D eigenvalue weighted by Crippen LogP contribution is 2.23. The molecule has 2 rings (SSSR count). The maximum absolute atomic E-state index is 11.7. The van der Waals surface area contributed by atoms with Gasteiger partial charge in [0.2, 0.25) is 0 Å². The average molecular weight is 313 g/mol. The maximum atomic E-state index is 11.7. The third kappa shape index (κ3) is 3.69. The molecule has 0 bridgehead atoms. The van der Waals surface area contributed by atoms with Gasteiger partial charge in [-0.15, -0.1) is 0 Å². The Morgan fingerprint density at radius 2 is 2.17 bits per heavy atom. The quantitative estimate of drug-likeness (QED) is 0.793. The van der Waals surface area contributed by atoms with E-state index in [2.05, 4.69) is 11.2 Å². The molecule has 0 fully saturated rings. The number of benzene rings is 1. The fourth-order valence-corrected chi connectivity index (χ4v) is 2.03. The van der Waals surface area contributed by atoms with E-state index in [1.165, 1.54) is 7.11 Å². The molecular weight excluding hydrogens is 294 g/mol. The van der Waals surface area contributed by atoms with Crippen molar-refractivity contribution in [3.63, 3.8) is 0 Å². The molecule has 1 aromatic heterocycles. The van der Waals surface area contributed by atoms with Gasteiger partial charge in [0.05, 0.1) is 30.7 Å². The monoisotopic (exact) mass is 313 g/mol. The molecule has 0 radical (unpaired) electrons. The van der Waals surface area contributed by atoms with E-state index in [9.17, 15) is 10.1 Å². The van der Waals surface area contributed by atoms with Gasteiger partial charge in [0.25, 0.3) is 0 Å². The van der Waals surface area contributed by atoms with E-state index in [4.69, 9.17) is 9.47 Å². The van der Waals surface area contributed by atoms with Crippen LogP contribution in [0.5, 0.6) is 5.75 Å². The van der Waals surface area contributed by atoms with Gasteiger partial charge >= 0.3 is 5.97 Å². The molecular formula is C17H19N3O3. The van der Waals surface area contributed by atoms with Crippen LogP contribution in [0.25, 0.3) is 5.69 Å². The van der Waals surface area contributed by atoms with Gasteiger partial charge in [-0.3, -0.25) is 0 Å². The minimum Gasteiger partial charge on any atom is -0.492 e. The van der Waals surface area contributed by atoms with Gasteiger partial charge in [-0.25, -0.2) is 9.48 Å². The molecule has 0 saturated carbocycles. The molecule has 1 aromatic carbocycles. The fourth-order valence-electron chi connectivity index (χ4n) is 2.03. The number of hydrogen-bond acceptors (Lipinski definition) is 5.